The van der Waals surface area contributed by atoms with Crippen molar-refractivity contribution < 1.29 is 47.3 Å². The summed E-state index contributed by atoms with van der Waals surface area (Å²) in [6.45, 7) is 4.79. The van der Waals surface area contributed by atoms with Crippen molar-refractivity contribution in [1.82, 2.24) is 0 Å². The van der Waals surface area contributed by atoms with Gasteiger partial charge in [0.1, 0.15) is 18.5 Å². The summed E-state index contributed by atoms with van der Waals surface area (Å²) in [6.07, 6.45) is -5.97. The molecule has 0 saturated carbocycles. The molecule has 1 aliphatic carbocycles. The molecular weight excluding hydrogens is 439 g/mol. The fourth-order valence-corrected chi connectivity index (χ4v) is 3.82. The lowest BCUT2D eigenvalue weighted by Crippen LogP contribution is -2.61. The van der Waals surface area contributed by atoms with Crippen LogP contribution in [0.25, 0.3) is 5.57 Å². The highest BCUT2D eigenvalue weighted by atomic mass is 19.1. The number of alkyl halides is 1. The molecule has 1 fully saturated rings. The molecule has 1 aliphatic heterocycles. The van der Waals surface area contributed by atoms with Gasteiger partial charge in [0, 0.05) is 27.2 Å². The number of carbonyl (C=O) groups is 4. The van der Waals surface area contributed by atoms with Crippen molar-refractivity contribution in [1.29, 1.82) is 0 Å². The Kier molecular flexibility index (Phi) is 7.47. The van der Waals surface area contributed by atoms with E-state index in [1.54, 1.807) is 24.3 Å². The van der Waals surface area contributed by atoms with Gasteiger partial charge in [0.05, 0.1) is 0 Å². The molecule has 3 rings (SSSR count). The van der Waals surface area contributed by atoms with Gasteiger partial charge in [-0.3, -0.25) is 19.2 Å². The molecule has 5 atom stereocenters. The van der Waals surface area contributed by atoms with Gasteiger partial charge >= 0.3 is 17.9 Å². The van der Waals surface area contributed by atoms with Crippen molar-refractivity contribution in [3.05, 3.63) is 35.4 Å². The molecular formula is C23H25FO9. The fourth-order valence-electron chi connectivity index (χ4n) is 3.82. The van der Waals surface area contributed by atoms with Gasteiger partial charge in [0.25, 0.3) is 0 Å². The number of esters is 3. The Morgan fingerprint density at radius 2 is 1.73 bits per heavy atom. The Balaban J connectivity index is 1.88. The maximum absolute atomic E-state index is 15.4. The topological polar surface area (TPSA) is 114 Å². The number of benzene rings is 1. The zero-order valence-corrected chi connectivity index (χ0v) is 18.7. The first-order valence-corrected chi connectivity index (χ1v) is 10.3. The van der Waals surface area contributed by atoms with Gasteiger partial charge in [-0.1, -0.05) is 6.07 Å². The molecule has 0 amide bonds. The number of hydrogen-bond donors (Lipinski definition) is 0. The largest absolute Gasteiger partial charge is 0.463 e. The SMILES string of the molecule is CC(=O)OC[C@H]1O[C@@H](Oc2ccc3c(c2)CC(=O)C=C3C)[C@H](F)C(OC(C)=O)[C@H]1OC(C)=O. The smallest absolute Gasteiger partial charge is 0.303 e. The second-order valence-electron chi connectivity index (χ2n) is 7.85. The van der Waals surface area contributed by atoms with E-state index in [9.17, 15) is 19.2 Å². The van der Waals surface area contributed by atoms with Crippen LogP contribution in [0.4, 0.5) is 4.39 Å². The number of allylic oxidation sites excluding steroid dienone is 2. The summed E-state index contributed by atoms with van der Waals surface area (Å²) < 4.78 is 42.0. The lowest BCUT2D eigenvalue weighted by Gasteiger charge is -2.41. The van der Waals surface area contributed by atoms with E-state index in [0.29, 0.717) is 0 Å². The van der Waals surface area contributed by atoms with Crippen molar-refractivity contribution in [2.24, 2.45) is 0 Å². The van der Waals surface area contributed by atoms with E-state index in [2.05, 4.69) is 0 Å². The molecule has 0 aromatic heterocycles. The third-order valence-corrected chi connectivity index (χ3v) is 5.12. The molecule has 9 nitrogen and oxygen atoms in total. The second kappa shape index (κ2) is 10.1. The summed E-state index contributed by atoms with van der Waals surface area (Å²) in [5.74, 6) is -2.03. The Hall–Kier alpha value is -3.27. The quantitative estimate of drug-likeness (QED) is 0.461. The first-order chi connectivity index (χ1) is 15.5. The number of halogens is 1. The second-order valence-corrected chi connectivity index (χ2v) is 7.85. The molecule has 0 radical (unpaired) electrons. The van der Waals surface area contributed by atoms with E-state index in [0.717, 1.165) is 30.5 Å². The number of carbonyl (C=O) groups excluding carboxylic acids is 4. The molecule has 0 bridgehead atoms. The van der Waals surface area contributed by atoms with E-state index >= 15 is 4.39 Å². The number of fused-ring (bicyclic) bond motifs is 1. The van der Waals surface area contributed by atoms with E-state index in [1.165, 1.54) is 6.92 Å². The van der Waals surface area contributed by atoms with Crippen LogP contribution in [0.3, 0.4) is 0 Å². The van der Waals surface area contributed by atoms with Crippen LogP contribution in [-0.4, -0.2) is 61.1 Å². The molecule has 33 heavy (non-hydrogen) atoms. The summed E-state index contributed by atoms with van der Waals surface area (Å²) >= 11 is 0. The predicted octanol–water partition coefficient (Wildman–Crippen LogP) is 2.08. The van der Waals surface area contributed by atoms with Crippen LogP contribution < -0.4 is 4.74 Å². The molecule has 2 aliphatic rings. The molecule has 0 N–H and O–H groups in total. The number of ether oxygens (including phenoxy) is 5. The fraction of sp³-hybridized carbons (Fsp3) is 0.478. The van der Waals surface area contributed by atoms with Gasteiger partial charge in [-0.2, -0.15) is 0 Å². The van der Waals surface area contributed by atoms with Crippen LogP contribution in [-0.2, 0) is 44.5 Å². The third kappa shape index (κ3) is 5.95. The first kappa shape index (κ1) is 24.4. The number of ketones is 1. The Labute approximate surface area is 189 Å². The van der Waals surface area contributed by atoms with Crippen molar-refractivity contribution in [3.63, 3.8) is 0 Å². The minimum absolute atomic E-state index is 0.0602. The van der Waals surface area contributed by atoms with Crippen LogP contribution in [0.15, 0.2) is 24.3 Å². The standard InChI is InChI=1S/C23H25FO9/c1-11-7-16(28)8-15-9-17(5-6-18(11)15)32-23-20(24)22(31-14(4)27)21(30-13(3)26)19(33-23)10-29-12(2)25/h5-7,9,19-23H,8,10H2,1-4H3/t19-,20-,21+,22?,23-/m1/s1. The van der Waals surface area contributed by atoms with Crippen LogP contribution in [0.5, 0.6) is 5.75 Å². The average molecular weight is 464 g/mol. The number of hydrogen-bond acceptors (Lipinski definition) is 9. The molecule has 1 saturated heterocycles. The van der Waals surface area contributed by atoms with Gasteiger partial charge < -0.3 is 23.7 Å². The highest BCUT2D eigenvalue weighted by Gasteiger charge is 2.52. The van der Waals surface area contributed by atoms with E-state index in [-0.39, 0.29) is 24.6 Å². The molecule has 10 heteroatoms. The monoisotopic (exact) mass is 464 g/mol. The summed E-state index contributed by atoms with van der Waals surface area (Å²) in [7, 11) is 0. The summed E-state index contributed by atoms with van der Waals surface area (Å²) in [6, 6.07) is 4.96. The zero-order valence-electron chi connectivity index (χ0n) is 18.7. The Morgan fingerprint density at radius 3 is 2.36 bits per heavy atom. The Morgan fingerprint density at radius 1 is 1.06 bits per heavy atom. The minimum atomic E-state index is -2.04. The summed E-state index contributed by atoms with van der Waals surface area (Å²) in [5.41, 5.74) is 2.41. The predicted molar refractivity (Wildman–Crippen MR) is 111 cm³/mol. The van der Waals surface area contributed by atoms with Crippen LogP contribution in [0.1, 0.15) is 38.8 Å². The number of rotatable bonds is 6. The molecule has 178 valence electrons. The highest BCUT2D eigenvalue weighted by Crippen LogP contribution is 2.33. The van der Waals surface area contributed by atoms with Crippen molar-refractivity contribution >= 4 is 29.3 Å². The van der Waals surface area contributed by atoms with Crippen LogP contribution in [0, 0.1) is 0 Å². The highest BCUT2D eigenvalue weighted by molar-refractivity contribution is 6.01. The molecule has 1 heterocycles. The van der Waals surface area contributed by atoms with Crippen molar-refractivity contribution in [3.8, 4) is 5.75 Å². The lowest BCUT2D eigenvalue weighted by molar-refractivity contribution is -0.271. The van der Waals surface area contributed by atoms with Gasteiger partial charge in [-0.05, 0) is 41.8 Å². The van der Waals surface area contributed by atoms with Crippen LogP contribution >= 0.6 is 0 Å². The summed E-state index contributed by atoms with van der Waals surface area (Å²) in [4.78, 5) is 46.4. The molecule has 1 aromatic rings. The van der Waals surface area contributed by atoms with Gasteiger partial charge in [-0.15, -0.1) is 0 Å². The average Bonchev–Trinajstić information content (AvgIpc) is 2.70. The maximum atomic E-state index is 15.4. The van der Waals surface area contributed by atoms with Crippen molar-refractivity contribution in [2.75, 3.05) is 6.61 Å². The van der Waals surface area contributed by atoms with Gasteiger partial charge in [0.2, 0.25) is 12.5 Å². The zero-order chi connectivity index (χ0) is 24.3. The van der Waals surface area contributed by atoms with Crippen molar-refractivity contribution in [2.45, 2.75) is 64.9 Å². The van der Waals surface area contributed by atoms with E-state index < -0.39 is 48.7 Å². The normalized spacial score (nSPS) is 26.5. The summed E-state index contributed by atoms with van der Waals surface area (Å²) in [5, 5.41) is 0. The molecule has 0 spiro atoms. The van der Waals surface area contributed by atoms with Gasteiger partial charge in [-0.25, -0.2) is 4.39 Å². The Bertz CT molecular complexity index is 986. The van der Waals surface area contributed by atoms with Gasteiger partial charge in [0.15, 0.2) is 18.0 Å². The van der Waals surface area contributed by atoms with E-state index in [4.69, 9.17) is 23.7 Å². The maximum Gasteiger partial charge on any atom is 0.303 e. The third-order valence-electron chi connectivity index (χ3n) is 5.12. The first-order valence-electron chi connectivity index (χ1n) is 10.3. The van der Waals surface area contributed by atoms with E-state index in [1.807, 2.05) is 6.92 Å². The van der Waals surface area contributed by atoms with Crippen LogP contribution in [0.2, 0.25) is 0 Å². The molecule has 1 aromatic carbocycles. The molecule has 1 unspecified atom stereocenters. The minimum Gasteiger partial charge on any atom is -0.463 e. The lowest BCUT2D eigenvalue weighted by atomic mass is 9.91.